The quantitative estimate of drug-likeness (QED) is 0.576. The Bertz CT molecular complexity index is 668. The van der Waals surface area contributed by atoms with Crippen molar-refractivity contribution in [2.75, 3.05) is 18.5 Å². The summed E-state index contributed by atoms with van der Waals surface area (Å²) in [6, 6.07) is 15.6. The first kappa shape index (κ1) is 20.0. The third-order valence-electron chi connectivity index (χ3n) is 4.14. The number of ether oxygens (including phenoxy) is 1. The molecule has 0 heterocycles. The fraction of sp³-hybridized carbons (Fsp3) is 0.409. The van der Waals surface area contributed by atoms with Crippen molar-refractivity contribution in [3.8, 4) is 5.75 Å². The minimum atomic E-state index is -0.159. The van der Waals surface area contributed by atoms with Gasteiger partial charge < -0.3 is 15.4 Å². The Morgan fingerprint density at radius 3 is 2.62 bits per heavy atom. The molecule has 0 aliphatic carbocycles. The second-order valence-corrected chi connectivity index (χ2v) is 6.59. The van der Waals surface area contributed by atoms with E-state index in [1.165, 1.54) is 25.7 Å². The van der Waals surface area contributed by atoms with Gasteiger partial charge in [-0.1, -0.05) is 56.0 Å². The summed E-state index contributed by atoms with van der Waals surface area (Å²) in [6.07, 6.45) is 5.05. The van der Waals surface area contributed by atoms with Crippen LogP contribution < -0.4 is 15.4 Å². The molecule has 2 aromatic rings. The summed E-state index contributed by atoms with van der Waals surface area (Å²) < 4.78 is 5.62. The van der Waals surface area contributed by atoms with Crippen LogP contribution in [-0.4, -0.2) is 19.1 Å². The van der Waals surface area contributed by atoms with Crippen LogP contribution in [0.15, 0.2) is 48.5 Å². The zero-order chi connectivity index (χ0) is 18.6. The standard InChI is InChI=1S/C22H30N2O2/c1-3-4-5-6-14-23-16-19-8-7-9-21(15-19)26-17-22(25)24-20-12-10-18(2)11-13-20/h7-13,15,23H,3-6,14,16-17H2,1-2H3,(H,24,25). The maximum absolute atomic E-state index is 12.0. The van der Waals surface area contributed by atoms with Gasteiger partial charge in [0, 0.05) is 12.2 Å². The van der Waals surface area contributed by atoms with Gasteiger partial charge in [0.25, 0.3) is 5.91 Å². The smallest absolute Gasteiger partial charge is 0.262 e. The number of rotatable bonds is 11. The normalized spacial score (nSPS) is 10.5. The summed E-state index contributed by atoms with van der Waals surface area (Å²) in [7, 11) is 0. The van der Waals surface area contributed by atoms with Crippen LogP contribution in [0.1, 0.15) is 43.7 Å². The molecule has 2 rings (SSSR count). The molecule has 0 fully saturated rings. The van der Waals surface area contributed by atoms with Crippen LogP contribution in [0, 0.1) is 6.92 Å². The van der Waals surface area contributed by atoms with Gasteiger partial charge in [-0.3, -0.25) is 4.79 Å². The summed E-state index contributed by atoms with van der Waals surface area (Å²) in [5.74, 6) is 0.558. The largest absolute Gasteiger partial charge is 0.484 e. The lowest BCUT2D eigenvalue weighted by atomic mass is 10.2. The first-order chi connectivity index (χ1) is 12.7. The van der Waals surface area contributed by atoms with Crippen molar-refractivity contribution in [3.05, 3.63) is 59.7 Å². The first-order valence-corrected chi connectivity index (χ1v) is 9.46. The molecule has 0 aromatic heterocycles. The molecule has 0 bridgehead atoms. The van der Waals surface area contributed by atoms with E-state index in [0.29, 0.717) is 5.75 Å². The maximum Gasteiger partial charge on any atom is 0.262 e. The molecule has 0 atom stereocenters. The molecule has 140 valence electrons. The predicted molar refractivity (Wildman–Crippen MR) is 108 cm³/mol. The second kappa shape index (κ2) is 11.3. The molecule has 26 heavy (non-hydrogen) atoms. The van der Waals surface area contributed by atoms with Gasteiger partial charge in [0.15, 0.2) is 6.61 Å². The molecule has 0 saturated heterocycles. The number of carbonyl (C=O) groups is 1. The zero-order valence-corrected chi connectivity index (χ0v) is 15.9. The number of amides is 1. The van der Waals surface area contributed by atoms with Gasteiger partial charge in [-0.05, 0) is 49.7 Å². The maximum atomic E-state index is 12.0. The molecule has 0 aliphatic heterocycles. The van der Waals surface area contributed by atoms with Crippen LogP contribution >= 0.6 is 0 Å². The van der Waals surface area contributed by atoms with Crippen LogP contribution in [0.4, 0.5) is 5.69 Å². The van der Waals surface area contributed by atoms with Crippen LogP contribution in [0.3, 0.4) is 0 Å². The summed E-state index contributed by atoms with van der Waals surface area (Å²) in [5.41, 5.74) is 3.11. The zero-order valence-electron chi connectivity index (χ0n) is 15.9. The topological polar surface area (TPSA) is 50.4 Å². The number of carbonyl (C=O) groups excluding carboxylic acids is 1. The van der Waals surface area contributed by atoms with Gasteiger partial charge in [-0.25, -0.2) is 0 Å². The van der Waals surface area contributed by atoms with E-state index < -0.39 is 0 Å². The molecule has 2 aromatic carbocycles. The Balaban J connectivity index is 1.71. The van der Waals surface area contributed by atoms with Crippen LogP contribution in [0.5, 0.6) is 5.75 Å². The number of hydrogen-bond donors (Lipinski definition) is 2. The van der Waals surface area contributed by atoms with Crippen LogP contribution in [-0.2, 0) is 11.3 Å². The molecular formula is C22H30N2O2. The fourth-order valence-corrected chi connectivity index (χ4v) is 2.64. The number of unbranched alkanes of at least 4 members (excludes halogenated alkanes) is 3. The lowest BCUT2D eigenvalue weighted by Crippen LogP contribution is -2.20. The Hall–Kier alpha value is -2.33. The lowest BCUT2D eigenvalue weighted by molar-refractivity contribution is -0.118. The van der Waals surface area contributed by atoms with Gasteiger partial charge in [0.1, 0.15) is 5.75 Å². The Morgan fingerprint density at radius 1 is 1.04 bits per heavy atom. The molecule has 0 aliphatic rings. The molecule has 0 spiro atoms. The highest BCUT2D eigenvalue weighted by molar-refractivity contribution is 5.91. The van der Waals surface area contributed by atoms with E-state index in [-0.39, 0.29) is 12.5 Å². The summed E-state index contributed by atoms with van der Waals surface area (Å²) in [6.45, 7) is 6.09. The SMILES string of the molecule is CCCCCCNCc1cccc(OCC(=O)Nc2ccc(C)cc2)c1. The van der Waals surface area contributed by atoms with Crippen molar-refractivity contribution in [2.24, 2.45) is 0 Å². The van der Waals surface area contributed by atoms with Gasteiger partial charge in [-0.15, -0.1) is 0 Å². The monoisotopic (exact) mass is 354 g/mol. The summed E-state index contributed by atoms with van der Waals surface area (Å²) >= 11 is 0. The lowest BCUT2D eigenvalue weighted by Gasteiger charge is -2.10. The molecule has 2 N–H and O–H groups in total. The van der Waals surface area contributed by atoms with Gasteiger partial charge in [0.2, 0.25) is 0 Å². The van der Waals surface area contributed by atoms with E-state index in [1.54, 1.807) is 0 Å². The minimum absolute atomic E-state index is 0.00176. The van der Waals surface area contributed by atoms with Crippen LogP contribution in [0.2, 0.25) is 0 Å². The molecule has 1 amide bonds. The van der Waals surface area contributed by atoms with Crippen molar-refractivity contribution >= 4 is 11.6 Å². The highest BCUT2D eigenvalue weighted by Crippen LogP contribution is 2.14. The van der Waals surface area contributed by atoms with E-state index in [0.717, 1.165) is 29.9 Å². The highest BCUT2D eigenvalue weighted by atomic mass is 16.5. The number of aryl methyl sites for hydroxylation is 1. The predicted octanol–water partition coefficient (Wildman–Crippen LogP) is 4.68. The number of anilines is 1. The number of hydrogen-bond acceptors (Lipinski definition) is 3. The number of benzene rings is 2. The average Bonchev–Trinajstić information content (AvgIpc) is 2.65. The van der Waals surface area contributed by atoms with Gasteiger partial charge in [0.05, 0.1) is 0 Å². The van der Waals surface area contributed by atoms with E-state index in [4.69, 9.17) is 4.74 Å². The van der Waals surface area contributed by atoms with Gasteiger partial charge >= 0.3 is 0 Å². The molecule has 0 radical (unpaired) electrons. The van der Waals surface area contributed by atoms with Crippen molar-refractivity contribution in [3.63, 3.8) is 0 Å². The van der Waals surface area contributed by atoms with E-state index in [1.807, 2.05) is 49.4 Å². The third-order valence-corrected chi connectivity index (χ3v) is 4.14. The van der Waals surface area contributed by atoms with Crippen molar-refractivity contribution in [1.29, 1.82) is 0 Å². The molecular weight excluding hydrogens is 324 g/mol. The van der Waals surface area contributed by atoms with Crippen molar-refractivity contribution < 1.29 is 9.53 Å². The molecule has 0 saturated carbocycles. The van der Waals surface area contributed by atoms with Crippen LogP contribution in [0.25, 0.3) is 0 Å². The Kier molecular flexibility index (Phi) is 8.70. The van der Waals surface area contributed by atoms with E-state index >= 15 is 0 Å². The van der Waals surface area contributed by atoms with Gasteiger partial charge in [-0.2, -0.15) is 0 Å². The summed E-state index contributed by atoms with van der Waals surface area (Å²) in [4.78, 5) is 12.0. The van der Waals surface area contributed by atoms with E-state index in [9.17, 15) is 4.79 Å². The Morgan fingerprint density at radius 2 is 1.85 bits per heavy atom. The van der Waals surface area contributed by atoms with E-state index in [2.05, 4.69) is 23.6 Å². The minimum Gasteiger partial charge on any atom is -0.484 e. The molecule has 0 unspecified atom stereocenters. The Labute approximate surface area is 157 Å². The average molecular weight is 354 g/mol. The first-order valence-electron chi connectivity index (χ1n) is 9.46. The number of nitrogens with one attached hydrogen (secondary N) is 2. The van der Waals surface area contributed by atoms with Crippen molar-refractivity contribution in [2.45, 2.75) is 46.1 Å². The molecule has 4 nitrogen and oxygen atoms in total. The fourth-order valence-electron chi connectivity index (χ4n) is 2.64. The third kappa shape index (κ3) is 7.70. The summed E-state index contributed by atoms with van der Waals surface area (Å²) in [5, 5.41) is 6.29. The molecule has 4 heteroatoms. The highest BCUT2D eigenvalue weighted by Gasteiger charge is 2.04. The second-order valence-electron chi connectivity index (χ2n) is 6.59. The van der Waals surface area contributed by atoms with Crippen molar-refractivity contribution in [1.82, 2.24) is 5.32 Å².